The minimum Gasteiger partial charge on any atom is -0.396 e. The lowest BCUT2D eigenvalue weighted by Crippen LogP contribution is -2.32. The fourth-order valence-electron chi connectivity index (χ4n) is 1.33. The number of nitrogens with zero attached hydrogens (tertiary/aromatic N) is 2. The molecular weight excluding hydrogens is 234 g/mol. The monoisotopic (exact) mass is 249 g/mol. The minimum absolute atomic E-state index is 0.0903. The van der Waals surface area contributed by atoms with E-state index in [1.54, 1.807) is 0 Å². The molecule has 0 saturated carbocycles. The van der Waals surface area contributed by atoms with Crippen LogP contribution in [-0.4, -0.2) is 27.0 Å². The maximum Gasteiger partial charge on any atom is 0.186 e. The van der Waals surface area contributed by atoms with Crippen molar-refractivity contribution in [2.75, 3.05) is 18.5 Å². The van der Waals surface area contributed by atoms with Crippen LogP contribution in [0.1, 0.15) is 26.7 Å². The molecule has 0 radical (unpaired) electrons. The van der Waals surface area contributed by atoms with E-state index in [0.717, 1.165) is 24.6 Å². The van der Waals surface area contributed by atoms with Crippen molar-refractivity contribution < 1.29 is 5.11 Å². The molecule has 0 bridgehead atoms. The first-order chi connectivity index (χ1) is 7.17. The van der Waals surface area contributed by atoms with Gasteiger partial charge in [-0.2, -0.15) is 8.75 Å². The van der Waals surface area contributed by atoms with Gasteiger partial charge in [-0.05, 0) is 12.8 Å². The van der Waals surface area contributed by atoms with E-state index in [0.29, 0.717) is 17.5 Å². The smallest absolute Gasteiger partial charge is 0.186 e. The predicted molar refractivity (Wildman–Crippen MR) is 63.5 cm³/mol. The van der Waals surface area contributed by atoms with Crippen LogP contribution in [0.15, 0.2) is 0 Å². The molecule has 0 fully saturated rings. The zero-order valence-corrected chi connectivity index (χ0v) is 10.5. The van der Waals surface area contributed by atoms with E-state index in [1.165, 1.54) is 0 Å². The van der Waals surface area contributed by atoms with Crippen LogP contribution in [-0.2, 0) is 0 Å². The van der Waals surface area contributed by atoms with Crippen LogP contribution in [0.5, 0.6) is 0 Å². The number of rotatable bonds is 6. The van der Waals surface area contributed by atoms with Gasteiger partial charge in [-0.3, -0.25) is 0 Å². The minimum atomic E-state index is -0.0903. The normalized spacial score (nSPS) is 11.7. The molecule has 0 aromatic carbocycles. The molecule has 0 aliphatic rings. The molecule has 6 heteroatoms. The van der Waals surface area contributed by atoms with Gasteiger partial charge in [-0.25, -0.2) is 0 Å². The maximum atomic E-state index is 9.37. The highest BCUT2D eigenvalue weighted by Crippen LogP contribution is 2.27. The first kappa shape index (κ1) is 12.7. The second kappa shape index (κ2) is 5.63. The summed E-state index contributed by atoms with van der Waals surface area (Å²) in [6.45, 7) is 4.98. The number of aromatic nitrogens is 2. The van der Waals surface area contributed by atoms with E-state index in [4.69, 9.17) is 11.6 Å². The van der Waals surface area contributed by atoms with Crippen LogP contribution in [0.4, 0.5) is 5.82 Å². The Labute approximate surface area is 99.0 Å². The topological polar surface area (TPSA) is 58.0 Å². The second-order valence-electron chi connectivity index (χ2n) is 3.62. The highest BCUT2D eigenvalue weighted by Gasteiger charge is 2.25. The molecule has 4 nitrogen and oxygen atoms in total. The van der Waals surface area contributed by atoms with Gasteiger partial charge < -0.3 is 10.4 Å². The van der Waals surface area contributed by atoms with Crippen LogP contribution in [0, 0.1) is 5.41 Å². The quantitative estimate of drug-likeness (QED) is 0.813. The Morgan fingerprint density at radius 2 is 2.07 bits per heavy atom. The number of anilines is 1. The van der Waals surface area contributed by atoms with Crippen molar-refractivity contribution in [2.24, 2.45) is 5.41 Å². The molecule has 0 atom stereocenters. The van der Waals surface area contributed by atoms with Crippen LogP contribution in [0.3, 0.4) is 0 Å². The number of halogens is 1. The van der Waals surface area contributed by atoms with E-state index in [2.05, 4.69) is 27.9 Å². The molecule has 1 rings (SSSR count). The third kappa shape index (κ3) is 3.03. The summed E-state index contributed by atoms with van der Waals surface area (Å²) in [5, 5.41) is 12.9. The SMILES string of the molecule is CCC(CC)(CO)CNc1nsnc1Cl. The predicted octanol–water partition coefficient (Wildman–Crippen LogP) is 2.40. The van der Waals surface area contributed by atoms with E-state index in [1.807, 2.05) is 0 Å². The zero-order chi connectivity index (χ0) is 11.3. The van der Waals surface area contributed by atoms with E-state index >= 15 is 0 Å². The van der Waals surface area contributed by atoms with Crippen LogP contribution in [0.2, 0.25) is 5.15 Å². The molecule has 1 aromatic rings. The molecular formula is C9H16ClN3OS. The molecule has 0 aliphatic carbocycles. The fourth-order valence-corrected chi connectivity index (χ4v) is 2.02. The lowest BCUT2D eigenvalue weighted by atomic mass is 9.83. The average Bonchev–Trinajstić information content (AvgIpc) is 2.67. The average molecular weight is 250 g/mol. The lowest BCUT2D eigenvalue weighted by molar-refractivity contribution is 0.127. The van der Waals surface area contributed by atoms with Gasteiger partial charge in [0.25, 0.3) is 0 Å². The van der Waals surface area contributed by atoms with Gasteiger partial charge >= 0.3 is 0 Å². The third-order valence-electron chi connectivity index (χ3n) is 2.91. The third-order valence-corrected chi connectivity index (χ3v) is 3.81. The van der Waals surface area contributed by atoms with Crippen molar-refractivity contribution in [3.63, 3.8) is 0 Å². The Bertz CT molecular complexity index is 293. The summed E-state index contributed by atoms with van der Waals surface area (Å²) in [5.41, 5.74) is -0.0903. The molecule has 2 N–H and O–H groups in total. The Kier molecular flexibility index (Phi) is 4.76. The highest BCUT2D eigenvalue weighted by atomic mass is 35.5. The first-order valence-electron chi connectivity index (χ1n) is 5.00. The Morgan fingerprint density at radius 3 is 2.47 bits per heavy atom. The second-order valence-corrected chi connectivity index (χ2v) is 4.51. The van der Waals surface area contributed by atoms with Crippen molar-refractivity contribution in [1.82, 2.24) is 8.75 Å². The van der Waals surface area contributed by atoms with Gasteiger partial charge in [0.15, 0.2) is 11.0 Å². The van der Waals surface area contributed by atoms with Crippen molar-refractivity contribution in [3.8, 4) is 0 Å². The molecule has 1 aromatic heterocycles. The standard InChI is InChI=1S/C9H16ClN3OS/c1-3-9(4-2,6-14)5-11-8-7(10)12-15-13-8/h14H,3-6H2,1-2H3,(H,11,13). The summed E-state index contributed by atoms with van der Waals surface area (Å²) in [6.07, 6.45) is 1.84. The van der Waals surface area contributed by atoms with Crippen LogP contribution in [0.25, 0.3) is 0 Å². The van der Waals surface area contributed by atoms with Gasteiger partial charge in [0, 0.05) is 12.0 Å². The summed E-state index contributed by atoms with van der Waals surface area (Å²) in [7, 11) is 0. The number of hydrogen-bond acceptors (Lipinski definition) is 5. The van der Waals surface area contributed by atoms with E-state index < -0.39 is 0 Å². The molecule has 0 spiro atoms. The number of aliphatic hydroxyl groups is 1. The maximum absolute atomic E-state index is 9.37. The summed E-state index contributed by atoms with van der Waals surface area (Å²) in [4.78, 5) is 0. The van der Waals surface area contributed by atoms with Crippen molar-refractivity contribution in [2.45, 2.75) is 26.7 Å². The van der Waals surface area contributed by atoms with Crippen molar-refractivity contribution in [3.05, 3.63) is 5.15 Å². The zero-order valence-electron chi connectivity index (χ0n) is 8.96. The van der Waals surface area contributed by atoms with Crippen molar-refractivity contribution >= 4 is 29.1 Å². The summed E-state index contributed by atoms with van der Waals surface area (Å²) in [6, 6.07) is 0. The number of aliphatic hydroxyl groups excluding tert-OH is 1. The Morgan fingerprint density at radius 1 is 1.40 bits per heavy atom. The number of nitrogens with one attached hydrogen (secondary N) is 1. The molecule has 0 aliphatic heterocycles. The van der Waals surface area contributed by atoms with E-state index in [9.17, 15) is 5.11 Å². The largest absolute Gasteiger partial charge is 0.396 e. The number of hydrogen-bond donors (Lipinski definition) is 2. The lowest BCUT2D eigenvalue weighted by Gasteiger charge is -2.29. The molecule has 1 heterocycles. The Balaban J connectivity index is 2.58. The molecule has 0 unspecified atom stereocenters. The van der Waals surface area contributed by atoms with Gasteiger partial charge in [-0.15, -0.1) is 0 Å². The summed E-state index contributed by atoms with van der Waals surface area (Å²) in [5.74, 6) is 0.612. The molecule has 15 heavy (non-hydrogen) atoms. The van der Waals surface area contributed by atoms with Crippen molar-refractivity contribution in [1.29, 1.82) is 0 Å². The van der Waals surface area contributed by atoms with Crippen LogP contribution >= 0.6 is 23.3 Å². The molecule has 0 saturated heterocycles. The summed E-state index contributed by atoms with van der Waals surface area (Å²) >= 11 is 6.89. The van der Waals surface area contributed by atoms with Gasteiger partial charge in [0.1, 0.15) is 0 Å². The highest BCUT2D eigenvalue weighted by molar-refractivity contribution is 6.99. The first-order valence-corrected chi connectivity index (χ1v) is 6.11. The van der Waals surface area contributed by atoms with Gasteiger partial charge in [0.05, 0.1) is 18.3 Å². The Hall–Kier alpha value is -0.390. The fraction of sp³-hybridized carbons (Fsp3) is 0.778. The van der Waals surface area contributed by atoms with E-state index in [-0.39, 0.29) is 12.0 Å². The molecule has 86 valence electrons. The van der Waals surface area contributed by atoms with Gasteiger partial charge in [-0.1, -0.05) is 25.4 Å². The molecule has 0 amide bonds. The summed E-state index contributed by atoms with van der Waals surface area (Å²) < 4.78 is 7.89. The van der Waals surface area contributed by atoms with Gasteiger partial charge in [0.2, 0.25) is 0 Å². The van der Waals surface area contributed by atoms with Crippen LogP contribution < -0.4 is 5.32 Å².